The molecule has 0 aliphatic heterocycles. The maximum atomic E-state index is 5.92. The summed E-state index contributed by atoms with van der Waals surface area (Å²) < 4.78 is 5.40. The Morgan fingerprint density at radius 2 is 1.75 bits per heavy atom. The summed E-state index contributed by atoms with van der Waals surface area (Å²) >= 11 is 0. The molecule has 0 aliphatic rings. The third kappa shape index (κ3) is 2.16. The molecule has 0 unspecified atom stereocenters. The highest BCUT2D eigenvalue weighted by Gasteiger charge is 2.02. The number of nitrogens with two attached hydrogens (primary N) is 1. The monoisotopic (exact) mass is 213 g/mol. The van der Waals surface area contributed by atoms with Gasteiger partial charge in [0.25, 0.3) is 0 Å². The molecule has 2 heteroatoms. The number of hydrogen-bond acceptors (Lipinski definition) is 2. The van der Waals surface area contributed by atoms with Gasteiger partial charge in [-0.15, -0.1) is 0 Å². The maximum absolute atomic E-state index is 5.92. The predicted octanol–water partition coefficient (Wildman–Crippen LogP) is 3.33. The molecule has 16 heavy (non-hydrogen) atoms. The Bertz CT molecular complexity index is 465. The minimum atomic E-state index is 0.634. The van der Waals surface area contributed by atoms with Gasteiger partial charge in [-0.2, -0.15) is 0 Å². The molecule has 0 bridgehead atoms. The van der Waals surface area contributed by atoms with Crippen LogP contribution in [0.25, 0.3) is 11.1 Å². The number of rotatable bonds is 3. The second kappa shape index (κ2) is 4.71. The molecule has 2 aromatic rings. The molecule has 0 fully saturated rings. The van der Waals surface area contributed by atoms with E-state index in [2.05, 4.69) is 12.1 Å². The summed E-state index contributed by atoms with van der Waals surface area (Å²) in [7, 11) is 0. The molecular weight excluding hydrogens is 198 g/mol. The van der Waals surface area contributed by atoms with Crippen molar-refractivity contribution in [1.29, 1.82) is 0 Å². The van der Waals surface area contributed by atoms with Crippen molar-refractivity contribution < 1.29 is 4.74 Å². The molecule has 2 N–H and O–H groups in total. The number of benzene rings is 2. The van der Waals surface area contributed by atoms with Crippen LogP contribution in [-0.4, -0.2) is 6.61 Å². The number of nitrogen functional groups attached to an aromatic ring is 1. The van der Waals surface area contributed by atoms with Gasteiger partial charge in [0.1, 0.15) is 5.75 Å². The average Bonchev–Trinajstić information content (AvgIpc) is 2.33. The summed E-state index contributed by atoms with van der Waals surface area (Å²) in [5.41, 5.74) is 8.88. The van der Waals surface area contributed by atoms with Gasteiger partial charge in [-0.25, -0.2) is 0 Å². The van der Waals surface area contributed by atoms with Crippen LogP contribution in [0, 0.1) is 0 Å². The normalized spacial score (nSPS) is 10.1. The number of ether oxygens (including phenoxy) is 1. The van der Waals surface area contributed by atoms with Crippen LogP contribution in [0.5, 0.6) is 5.75 Å². The Balaban J connectivity index is 2.35. The van der Waals surface area contributed by atoms with E-state index in [1.165, 1.54) is 0 Å². The minimum absolute atomic E-state index is 0.634. The summed E-state index contributed by atoms with van der Waals surface area (Å²) in [6.07, 6.45) is 0. The molecule has 0 aliphatic carbocycles. The number of hydrogen-bond donors (Lipinski definition) is 1. The Labute approximate surface area is 95.7 Å². The van der Waals surface area contributed by atoms with Crippen molar-refractivity contribution in [3.05, 3.63) is 48.5 Å². The molecule has 0 atom stereocenters. The van der Waals surface area contributed by atoms with Crippen molar-refractivity contribution in [2.45, 2.75) is 6.92 Å². The van der Waals surface area contributed by atoms with E-state index >= 15 is 0 Å². The topological polar surface area (TPSA) is 35.2 Å². The summed E-state index contributed by atoms with van der Waals surface area (Å²) in [6.45, 7) is 2.58. The fraction of sp³-hybridized carbons (Fsp3) is 0.143. The second-order valence-corrected chi connectivity index (χ2v) is 3.55. The fourth-order valence-electron chi connectivity index (χ4n) is 1.65. The zero-order valence-electron chi connectivity index (χ0n) is 9.31. The minimum Gasteiger partial charge on any atom is -0.492 e. The molecule has 82 valence electrons. The quantitative estimate of drug-likeness (QED) is 0.794. The summed E-state index contributed by atoms with van der Waals surface area (Å²) in [4.78, 5) is 0. The Morgan fingerprint density at radius 1 is 1.00 bits per heavy atom. The molecule has 0 heterocycles. The second-order valence-electron chi connectivity index (χ2n) is 3.55. The van der Waals surface area contributed by atoms with E-state index in [1.54, 1.807) is 0 Å². The van der Waals surface area contributed by atoms with Gasteiger partial charge < -0.3 is 10.5 Å². The van der Waals surface area contributed by atoms with Crippen LogP contribution in [0.1, 0.15) is 6.92 Å². The first-order chi connectivity index (χ1) is 7.81. The molecule has 0 aromatic heterocycles. The van der Waals surface area contributed by atoms with Crippen molar-refractivity contribution >= 4 is 5.69 Å². The van der Waals surface area contributed by atoms with Crippen molar-refractivity contribution in [1.82, 2.24) is 0 Å². The molecular formula is C14H15NO. The average molecular weight is 213 g/mol. The van der Waals surface area contributed by atoms with Crippen LogP contribution in [0.2, 0.25) is 0 Å². The zero-order valence-corrected chi connectivity index (χ0v) is 9.31. The van der Waals surface area contributed by atoms with Crippen LogP contribution in [0.3, 0.4) is 0 Å². The molecule has 0 radical (unpaired) electrons. The lowest BCUT2D eigenvalue weighted by Crippen LogP contribution is -1.96. The molecule has 0 spiro atoms. The smallest absolute Gasteiger partial charge is 0.142 e. The van der Waals surface area contributed by atoms with Crippen LogP contribution >= 0.6 is 0 Å². The van der Waals surface area contributed by atoms with E-state index in [1.807, 2.05) is 43.3 Å². The van der Waals surface area contributed by atoms with Crippen molar-refractivity contribution in [2.24, 2.45) is 0 Å². The third-order valence-electron chi connectivity index (χ3n) is 2.42. The van der Waals surface area contributed by atoms with Crippen LogP contribution < -0.4 is 10.5 Å². The molecule has 0 saturated carbocycles. The molecule has 0 amide bonds. The Kier molecular flexibility index (Phi) is 3.10. The van der Waals surface area contributed by atoms with E-state index < -0.39 is 0 Å². The molecule has 2 nitrogen and oxygen atoms in total. The Hall–Kier alpha value is -1.96. The number of anilines is 1. The first-order valence-electron chi connectivity index (χ1n) is 5.39. The SMILES string of the molecule is CCOc1ccc(-c2ccccc2)cc1N. The summed E-state index contributed by atoms with van der Waals surface area (Å²) in [5.74, 6) is 0.752. The van der Waals surface area contributed by atoms with E-state index in [4.69, 9.17) is 10.5 Å². The highest BCUT2D eigenvalue weighted by atomic mass is 16.5. The van der Waals surface area contributed by atoms with Gasteiger partial charge in [0, 0.05) is 0 Å². The van der Waals surface area contributed by atoms with Gasteiger partial charge in [-0.05, 0) is 30.2 Å². The highest BCUT2D eigenvalue weighted by Crippen LogP contribution is 2.28. The van der Waals surface area contributed by atoms with Crippen LogP contribution in [0.4, 0.5) is 5.69 Å². The van der Waals surface area contributed by atoms with Gasteiger partial charge in [0.05, 0.1) is 12.3 Å². The van der Waals surface area contributed by atoms with E-state index in [9.17, 15) is 0 Å². The summed E-state index contributed by atoms with van der Waals surface area (Å²) in [6, 6.07) is 16.0. The maximum Gasteiger partial charge on any atom is 0.142 e. The van der Waals surface area contributed by atoms with E-state index in [0.717, 1.165) is 16.9 Å². The van der Waals surface area contributed by atoms with Crippen molar-refractivity contribution in [2.75, 3.05) is 12.3 Å². The molecule has 2 rings (SSSR count). The first-order valence-corrected chi connectivity index (χ1v) is 5.39. The fourth-order valence-corrected chi connectivity index (χ4v) is 1.65. The van der Waals surface area contributed by atoms with Gasteiger partial charge in [-0.3, -0.25) is 0 Å². The van der Waals surface area contributed by atoms with E-state index in [-0.39, 0.29) is 0 Å². The van der Waals surface area contributed by atoms with Gasteiger partial charge in [0.15, 0.2) is 0 Å². The van der Waals surface area contributed by atoms with Crippen LogP contribution in [-0.2, 0) is 0 Å². The standard InChI is InChI=1S/C14H15NO/c1-2-16-14-9-8-12(10-13(14)15)11-6-4-3-5-7-11/h3-10H,2,15H2,1H3. The molecule has 0 saturated heterocycles. The van der Waals surface area contributed by atoms with Gasteiger partial charge in [0.2, 0.25) is 0 Å². The van der Waals surface area contributed by atoms with E-state index in [0.29, 0.717) is 12.3 Å². The zero-order chi connectivity index (χ0) is 11.4. The van der Waals surface area contributed by atoms with Crippen molar-refractivity contribution in [3.8, 4) is 16.9 Å². The highest BCUT2D eigenvalue weighted by molar-refractivity contribution is 5.70. The first kappa shape index (κ1) is 10.6. The van der Waals surface area contributed by atoms with Crippen LogP contribution in [0.15, 0.2) is 48.5 Å². The lowest BCUT2D eigenvalue weighted by atomic mass is 10.1. The third-order valence-corrected chi connectivity index (χ3v) is 2.42. The van der Waals surface area contributed by atoms with Gasteiger partial charge in [-0.1, -0.05) is 36.4 Å². The van der Waals surface area contributed by atoms with Gasteiger partial charge >= 0.3 is 0 Å². The Morgan fingerprint density at radius 3 is 2.38 bits per heavy atom. The predicted molar refractivity (Wildman–Crippen MR) is 67.5 cm³/mol. The lowest BCUT2D eigenvalue weighted by molar-refractivity contribution is 0.342. The lowest BCUT2D eigenvalue weighted by Gasteiger charge is -2.08. The summed E-state index contributed by atoms with van der Waals surface area (Å²) in [5, 5.41) is 0. The molecule has 2 aromatic carbocycles. The largest absolute Gasteiger partial charge is 0.492 e. The van der Waals surface area contributed by atoms with Crippen molar-refractivity contribution in [3.63, 3.8) is 0 Å².